The van der Waals surface area contributed by atoms with Gasteiger partial charge in [-0.25, -0.2) is 0 Å². The zero-order valence-corrected chi connectivity index (χ0v) is 30.1. The molecule has 11 aromatic rings. The Morgan fingerprint density at radius 3 is 1.21 bits per heavy atom. The van der Waals surface area contributed by atoms with Crippen LogP contribution in [0.3, 0.4) is 0 Å². The van der Waals surface area contributed by atoms with E-state index in [0.29, 0.717) is 0 Å². The number of nitrogens with zero attached hydrogens (tertiary/aromatic N) is 2. The SMILES string of the molecule is c1ccc(N(c2ccc3oc4ccc(N(c5ccccc5)c5cccc6c5sc5ccccc56)cc4c3c2)c2cccc3c2sc2ccccc23)cc1. The van der Waals surface area contributed by atoms with E-state index in [1.165, 1.54) is 40.3 Å². The van der Waals surface area contributed by atoms with Crippen molar-refractivity contribution in [1.29, 1.82) is 0 Å². The van der Waals surface area contributed by atoms with E-state index < -0.39 is 0 Å². The number of hydrogen-bond acceptors (Lipinski definition) is 5. The van der Waals surface area contributed by atoms with Gasteiger partial charge in [0.15, 0.2) is 0 Å². The Balaban J connectivity index is 1.12. The van der Waals surface area contributed by atoms with E-state index in [2.05, 4.69) is 192 Å². The first kappa shape index (κ1) is 30.2. The first-order valence-electron chi connectivity index (χ1n) is 17.8. The molecule has 0 saturated carbocycles. The number of furan rings is 1. The highest BCUT2D eigenvalue weighted by Crippen LogP contribution is 2.48. The minimum atomic E-state index is 0.867. The molecule has 3 heterocycles. The molecular formula is C48H30N2OS2. The summed E-state index contributed by atoms with van der Waals surface area (Å²) < 4.78 is 11.7. The molecule has 11 rings (SSSR count). The third-order valence-corrected chi connectivity index (χ3v) is 12.6. The van der Waals surface area contributed by atoms with Gasteiger partial charge in [-0.05, 0) is 84.9 Å². The average Bonchev–Trinajstić information content (AvgIpc) is 3.91. The lowest BCUT2D eigenvalue weighted by Crippen LogP contribution is -2.10. The minimum Gasteiger partial charge on any atom is -0.456 e. The van der Waals surface area contributed by atoms with Gasteiger partial charge in [-0.1, -0.05) is 97.1 Å². The molecule has 3 nitrogen and oxygen atoms in total. The van der Waals surface area contributed by atoms with Crippen LogP contribution in [0.2, 0.25) is 0 Å². The van der Waals surface area contributed by atoms with Gasteiger partial charge >= 0.3 is 0 Å². The number of benzene rings is 8. The first-order chi connectivity index (χ1) is 26.3. The lowest BCUT2D eigenvalue weighted by atomic mass is 10.1. The maximum atomic E-state index is 6.53. The van der Waals surface area contributed by atoms with Gasteiger partial charge in [0.1, 0.15) is 11.2 Å². The van der Waals surface area contributed by atoms with Crippen molar-refractivity contribution in [2.24, 2.45) is 0 Å². The molecule has 0 atom stereocenters. The van der Waals surface area contributed by atoms with E-state index >= 15 is 0 Å². The molecule has 0 spiro atoms. The summed E-state index contributed by atoms with van der Waals surface area (Å²) in [5.41, 5.74) is 8.44. The quantitative estimate of drug-likeness (QED) is 0.171. The second kappa shape index (κ2) is 12.1. The molecule has 5 heteroatoms. The van der Waals surface area contributed by atoms with Crippen molar-refractivity contribution in [2.45, 2.75) is 0 Å². The lowest BCUT2D eigenvalue weighted by Gasteiger charge is -2.26. The Hall–Kier alpha value is -6.40. The van der Waals surface area contributed by atoms with Crippen LogP contribution in [0, 0.1) is 0 Å². The first-order valence-corrected chi connectivity index (χ1v) is 19.4. The number of thiophene rings is 2. The smallest absolute Gasteiger partial charge is 0.135 e. The molecule has 0 amide bonds. The van der Waals surface area contributed by atoms with E-state index in [4.69, 9.17) is 4.42 Å². The van der Waals surface area contributed by atoms with Gasteiger partial charge < -0.3 is 14.2 Å². The molecule has 0 aliphatic carbocycles. The molecule has 53 heavy (non-hydrogen) atoms. The number of anilines is 6. The highest BCUT2D eigenvalue weighted by molar-refractivity contribution is 7.26. The maximum absolute atomic E-state index is 6.53. The van der Waals surface area contributed by atoms with Crippen molar-refractivity contribution in [3.05, 3.63) is 182 Å². The van der Waals surface area contributed by atoms with Crippen LogP contribution >= 0.6 is 22.7 Å². The predicted molar refractivity (Wildman–Crippen MR) is 229 cm³/mol. The van der Waals surface area contributed by atoms with Crippen LogP contribution in [-0.4, -0.2) is 0 Å². The van der Waals surface area contributed by atoms with Crippen LogP contribution in [-0.2, 0) is 0 Å². The topological polar surface area (TPSA) is 19.6 Å². The second-order valence-corrected chi connectivity index (χ2v) is 15.4. The van der Waals surface area contributed by atoms with Crippen LogP contribution in [0.1, 0.15) is 0 Å². The number of fused-ring (bicyclic) bond motifs is 9. The molecular weight excluding hydrogens is 685 g/mol. The van der Waals surface area contributed by atoms with Crippen molar-refractivity contribution in [3.63, 3.8) is 0 Å². The van der Waals surface area contributed by atoms with Crippen LogP contribution in [0.15, 0.2) is 186 Å². The van der Waals surface area contributed by atoms with Crippen LogP contribution < -0.4 is 9.80 Å². The summed E-state index contributed by atoms with van der Waals surface area (Å²) in [6.45, 7) is 0. The van der Waals surface area contributed by atoms with Crippen LogP contribution in [0.5, 0.6) is 0 Å². The van der Waals surface area contributed by atoms with Gasteiger partial charge in [0.2, 0.25) is 0 Å². The molecule has 0 fully saturated rings. The minimum absolute atomic E-state index is 0.867. The summed E-state index contributed by atoms with van der Waals surface area (Å²) in [7, 11) is 0. The van der Waals surface area contributed by atoms with Crippen LogP contribution in [0.25, 0.3) is 62.3 Å². The second-order valence-electron chi connectivity index (χ2n) is 13.3. The number of rotatable bonds is 6. The fourth-order valence-corrected chi connectivity index (χ4v) is 10.3. The maximum Gasteiger partial charge on any atom is 0.135 e. The van der Waals surface area contributed by atoms with E-state index in [-0.39, 0.29) is 0 Å². The Morgan fingerprint density at radius 1 is 0.321 bits per heavy atom. The third kappa shape index (κ3) is 4.86. The summed E-state index contributed by atoms with van der Waals surface area (Å²) in [6.07, 6.45) is 0. The molecule has 0 saturated heterocycles. The lowest BCUT2D eigenvalue weighted by molar-refractivity contribution is 0.669. The van der Waals surface area contributed by atoms with Gasteiger partial charge in [-0.3, -0.25) is 0 Å². The van der Waals surface area contributed by atoms with E-state index in [0.717, 1.165) is 56.1 Å². The normalized spacial score (nSPS) is 11.8. The summed E-state index contributed by atoms with van der Waals surface area (Å²) in [5, 5.41) is 7.30. The Bertz CT molecular complexity index is 2930. The largest absolute Gasteiger partial charge is 0.456 e. The van der Waals surface area contributed by atoms with E-state index in [1.54, 1.807) is 0 Å². The third-order valence-electron chi connectivity index (χ3n) is 10.2. The summed E-state index contributed by atoms with van der Waals surface area (Å²) in [5.74, 6) is 0. The van der Waals surface area contributed by atoms with Gasteiger partial charge in [-0.15, -0.1) is 22.7 Å². The highest BCUT2D eigenvalue weighted by Gasteiger charge is 2.22. The molecule has 3 aromatic heterocycles. The van der Waals surface area contributed by atoms with Gasteiger partial charge in [0.05, 0.1) is 20.8 Å². The van der Waals surface area contributed by atoms with E-state index in [9.17, 15) is 0 Å². The molecule has 0 unspecified atom stereocenters. The molecule has 0 N–H and O–H groups in total. The summed E-state index contributed by atoms with van der Waals surface area (Å²) >= 11 is 3.70. The van der Waals surface area contributed by atoms with Crippen molar-refractivity contribution >= 4 is 119 Å². The van der Waals surface area contributed by atoms with E-state index in [1.807, 2.05) is 22.7 Å². The molecule has 0 aliphatic heterocycles. The van der Waals surface area contributed by atoms with Crippen molar-refractivity contribution in [3.8, 4) is 0 Å². The average molecular weight is 715 g/mol. The van der Waals surface area contributed by atoms with Crippen LogP contribution in [0.4, 0.5) is 34.1 Å². The van der Waals surface area contributed by atoms with Crippen molar-refractivity contribution in [1.82, 2.24) is 0 Å². The Kier molecular flexibility index (Phi) is 6.90. The summed E-state index contributed by atoms with van der Waals surface area (Å²) in [6, 6.07) is 65.3. The molecule has 0 aliphatic rings. The number of para-hydroxylation sites is 2. The number of hydrogen-bond donors (Lipinski definition) is 0. The predicted octanol–water partition coefficient (Wildman–Crippen LogP) is 15.3. The monoisotopic (exact) mass is 714 g/mol. The van der Waals surface area contributed by atoms with Crippen molar-refractivity contribution in [2.75, 3.05) is 9.80 Å². The Labute approximate surface area is 313 Å². The summed E-state index contributed by atoms with van der Waals surface area (Å²) in [4.78, 5) is 4.77. The molecule has 250 valence electrons. The van der Waals surface area contributed by atoms with Crippen molar-refractivity contribution < 1.29 is 4.42 Å². The molecule has 0 radical (unpaired) electrons. The van der Waals surface area contributed by atoms with Gasteiger partial charge in [0, 0.05) is 64.5 Å². The molecule has 8 aromatic carbocycles. The fraction of sp³-hybridized carbons (Fsp3) is 0. The fourth-order valence-electron chi connectivity index (χ4n) is 7.86. The Morgan fingerprint density at radius 2 is 0.736 bits per heavy atom. The molecule has 0 bridgehead atoms. The standard InChI is InChI=1S/C48H30N2OS2/c1-3-13-31(14-4-1)49(41-21-11-19-37-35-17-7-9-23-45(35)52-47(37)41)33-25-27-43-39(29-33)40-30-34(26-28-44(40)51-43)50(32-15-5-2-6-16-32)42-22-12-20-38-36-18-8-10-24-46(36)53-48(38)42/h1-30H. The zero-order valence-electron chi connectivity index (χ0n) is 28.4. The van der Waals surface area contributed by atoms with Gasteiger partial charge in [0.25, 0.3) is 0 Å². The zero-order chi connectivity index (χ0) is 34.9. The highest BCUT2D eigenvalue weighted by atomic mass is 32.1. The van der Waals surface area contributed by atoms with Gasteiger partial charge in [-0.2, -0.15) is 0 Å².